The fourth-order valence-electron chi connectivity index (χ4n) is 2.51. The van der Waals surface area contributed by atoms with Crippen molar-refractivity contribution in [2.75, 3.05) is 0 Å². The molecule has 0 aliphatic heterocycles. The van der Waals surface area contributed by atoms with Gasteiger partial charge in [0.05, 0.1) is 11.5 Å². The van der Waals surface area contributed by atoms with Crippen LogP contribution in [0.3, 0.4) is 0 Å². The summed E-state index contributed by atoms with van der Waals surface area (Å²) in [5.74, 6) is -2.07. The van der Waals surface area contributed by atoms with Crippen molar-refractivity contribution >= 4 is 5.91 Å². The average Bonchev–Trinajstić information content (AvgIpc) is 2.38. The molecule has 1 aliphatic carbocycles. The molecule has 2 rings (SSSR count). The lowest BCUT2D eigenvalue weighted by atomic mass is 9.84. The van der Waals surface area contributed by atoms with E-state index in [1.807, 2.05) is 0 Å². The number of aromatic nitrogens is 1. The second-order valence-corrected chi connectivity index (χ2v) is 4.96. The Morgan fingerprint density at radius 1 is 1.25 bits per heavy atom. The van der Waals surface area contributed by atoms with Crippen LogP contribution in [-0.4, -0.2) is 18.1 Å². The third-order valence-electron chi connectivity index (χ3n) is 3.57. The van der Waals surface area contributed by atoms with Crippen molar-refractivity contribution in [2.24, 2.45) is 5.92 Å². The van der Waals surface area contributed by atoms with Crippen LogP contribution in [0.4, 0.5) is 13.2 Å². The molecule has 1 aromatic rings. The second kappa shape index (κ2) is 5.68. The molecule has 2 atom stereocenters. The van der Waals surface area contributed by atoms with Crippen molar-refractivity contribution in [3.05, 3.63) is 35.3 Å². The minimum absolute atomic E-state index is 0.0454. The minimum atomic E-state index is -4.30. The van der Waals surface area contributed by atoms with E-state index in [2.05, 4.69) is 5.32 Å². The molecule has 1 aromatic heterocycles. The normalized spacial score (nSPS) is 23.4. The zero-order valence-corrected chi connectivity index (χ0v) is 10.7. The van der Waals surface area contributed by atoms with Crippen LogP contribution in [0.1, 0.15) is 36.0 Å². The van der Waals surface area contributed by atoms with Gasteiger partial charge in [-0.2, -0.15) is 17.9 Å². The molecular weight excluding hydrogens is 273 g/mol. The molecule has 0 spiro atoms. The van der Waals surface area contributed by atoms with Gasteiger partial charge in [0, 0.05) is 18.2 Å². The number of carbonyl (C=O) groups excluding carboxylic acids is 1. The average molecular weight is 288 g/mol. The topological polar surface area (TPSA) is 56.0 Å². The summed E-state index contributed by atoms with van der Waals surface area (Å²) < 4.78 is 39.2. The van der Waals surface area contributed by atoms with E-state index < -0.39 is 24.0 Å². The molecule has 0 unspecified atom stereocenters. The van der Waals surface area contributed by atoms with Gasteiger partial charge >= 0.3 is 6.18 Å². The molecule has 1 N–H and O–H groups in total. The van der Waals surface area contributed by atoms with Gasteiger partial charge in [-0.15, -0.1) is 0 Å². The lowest BCUT2D eigenvalue weighted by Crippen LogP contribution is -2.47. The molecular formula is C13H15F3N2O2. The molecule has 1 heterocycles. The molecule has 110 valence electrons. The van der Waals surface area contributed by atoms with Crippen molar-refractivity contribution in [1.29, 1.82) is 0 Å². The summed E-state index contributed by atoms with van der Waals surface area (Å²) in [5.41, 5.74) is 0.184. The first-order chi connectivity index (χ1) is 9.38. The monoisotopic (exact) mass is 288 g/mol. The van der Waals surface area contributed by atoms with E-state index in [0.29, 0.717) is 24.0 Å². The molecule has 20 heavy (non-hydrogen) atoms. The van der Waals surface area contributed by atoms with Crippen molar-refractivity contribution < 1.29 is 22.7 Å². The van der Waals surface area contributed by atoms with Crippen molar-refractivity contribution in [1.82, 2.24) is 5.32 Å². The number of hydrogen-bond donors (Lipinski definition) is 1. The van der Waals surface area contributed by atoms with Crippen LogP contribution in [0.5, 0.6) is 0 Å². The predicted octanol–water partition coefficient (Wildman–Crippen LogP) is 2.17. The minimum Gasteiger partial charge on any atom is -0.619 e. The summed E-state index contributed by atoms with van der Waals surface area (Å²) >= 11 is 0. The second-order valence-electron chi connectivity index (χ2n) is 4.96. The number of carbonyl (C=O) groups is 1. The van der Waals surface area contributed by atoms with Crippen LogP contribution in [0, 0.1) is 11.1 Å². The van der Waals surface area contributed by atoms with Crippen molar-refractivity contribution in [3.63, 3.8) is 0 Å². The maximum absolute atomic E-state index is 12.9. The maximum atomic E-state index is 12.9. The van der Waals surface area contributed by atoms with Crippen LogP contribution < -0.4 is 10.0 Å². The highest BCUT2D eigenvalue weighted by molar-refractivity contribution is 5.94. The molecule has 0 radical (unpaired) electrons. The molecule has 7 heteroatoms. The van der Waals surface area contributed by atoms with Crippen LogP contribution in [0.2, 0.25) is 0 Å². The molecule has 1 amide bonds. The number of halogens is 3. The first kappa shape index (κ1) is 14.6. The molecule has 1 fully saturated rings. The Hall–Kier alpha value is -1.79. The number of nitrogens with one attached hydrogen (secondary N) is 1. The lowest BCUT2D eigenvalue weighted by Gasteiger charge is -2.33. The van der Waals surface area contributed by atoms with Gasteiger partial charge in [0.2, 0.25) is 0 Å². The zero-order chi connectivity index (χ0) is 14.8. The summed E-state index contributed by atoms with van der Waals surface area (Å²) in [6.45, 7) is 0. The number of alkyl halides is 3. The fourth-order valence-corrected chi connectivity index (χ4v) is 2.51. The van der Waals surface area contributed by atoms with Gasteiger partial charge in [0.25, 0.3) is 5.91 Å². The Kier molecular flexibility index (Phi) is 4.15. The predicted molar refractivity (Wildman–Crippen MR) is 64.7 cm³/mol. The highest BCUT2D eigenvalue weighted by Crippen LogP contribution is 2.37. The first-order valence-electron chi connectivity index (χ1n) is 6.44. The number of rotatable bonds is 2. The van der Waals surface area contributed by atoms with Crippen LogP contribution in [0.15, 0.2) is 24.5 Å². The zero-order valence-electron chi connectivity index (χ0n) is 10.7. The van der Waals surface area contributed by atoms with Crippen molar-refractivity contribution in [3.8, 4) is 0 Å². The lowest BCUT2D eigenvalue weighted by molar-refractivity contribution is -0.605. The van der Waals surface area contributed by atoms with E-state index in [1.54, 1.807) is 0 Å². The fraction of sp³-hybridized carbons (Fsp3) is 0.538. The Labute approximate surface area is 114 Å². The summed E-state index contributed by atoms with van der Waals surface area (Å²) in [7, 11) is 0. The van der Waals surface area contributed by atoms with Gasteiger partial charge in [-0.3, -0.25) is 4.79 Å². The van der Waals surface area contributed by atoms with Crippen LogP contribution >= 0.6 is 0 Å². The molecule has 0 saturated heterocycles. The molecule has 1 aliphatic rings. The third-order valence-corrected chi connectivity index (χ3v) is 3.57. The Balaban J connectivity index is 2.07. The van der Waals surface area contributed by atoms with Gasteiger partial charge < -0.3 is 10.5 Å². The van der Waals surface area contributed by atoms with Crippen molar-refractivity contribution in [2.45, 2.75) is 37.9 Å². The van der Waals surface area contributed by atoms with E-state index in [-0.39, 0.29) is 12.0 Å². The Morgan fingerprint density at radius 3 is 2.45 bits per heavy atom. The van der Waals surface area contributed by atoms with Gasteiger partial charge in [-0.1, -0.05) is 12.8 Å². The standard InChI is InChI=1S/C13H15F3N2O2/c14-13(15,16)10-3-1-2-4-11(10)17-12(19)9-5-7-18(20)8-6-9/h5-8,10-11H,1-4H2,(H,17,19)/t10-,11-/m1/s1. The smallest absolute Gasteiger partial charge is 0.393 e. The van der Waals surface area contributed by atoms with Gasteiger partial charge in [0.1, 0.15) is 0 Å². The highest BCUT2D eigenvalue weighted by atomic mass is 19.4. The maximum Gasteiger partial charge on any atom is 0.393 e. The van der Waals surface area contributed by atoms with Gasteiger partial charge in [-0.25, -0.2) is 0 Å². The van der Waals surface area contributed by atoms with E-state index in [4.69, 9.17) is 0 Å². The third kappa shape index (κ3) is 3.40. The molecule has 0 bridgehead atoms. The van der Waals surface area contributed by atoms with Gasteiger partial charge in [-0.05, 0) is 12.8 Å². The first-order valence-corrected chi connectivity index (χ1v) is 6.44. The number of pyridine rings is 1. The number of nitrogens with zero attached hydrogens (tertiary/aromatic N) is 1. The number of amides is 1. The van der Waals surface area contributed by atoms with Crippen LogP contribution in [-0.2, 0) is 0 Å². The van der Waals surface area contributed by atoms with Gasteiger partial charge in [0.15, 0.2) is 12.4 Å². The molecule has 4 nitrogen and oxygen atoms in total. The number of hydrogen-bond acceptors (Lipinski definition) is 2. The molecule has 1 saturated carbocycles. The van der Waals surface area contributed by atoms with E-state index >= 15 is 0 Å². The Bertz CT molecular complexity index is 473. The van der Waals surface area contributed by atoms with E-state index in [1.165, 1.54) is 12.1 Å². The Morgan fingerprint density at radius 2 is 1.85 bits per heavy atom. The SMILES string of the molecule is O=C(N[C@@H]1CCCC[C@H]1C(F)(F)F)c1cc[n+]([O-])cc1. The summed E-state index contributed by atoms with van der Waals surface area (Å²) in [5, 5.41) is 13.3. The summed E-state index contributed by atoms with van der Waals surface area (Å²) in [6.07, 6.45) is -0.458. The molecule has 0 aromatic carbocycles. The quantitative estimate of drug-likeness (QED) is 0.670. The summed E-state index contributed by atoms with van der Waals surface area (Å²) in [4.78, 5) is 11.9. The van der Waals surface area contributed by atoms with Crippen LogP contribution in [0.25, 0.3) is 0 Å². The van der Waals surface area contributed by atoms with E-state index in [0.717, 1.165) is 12.4 Å². The van der Waals surface area contributed by atoms with E-state index in [9.17, 15) is 23.2 Å². The highest BCUT2D eigenvalue weighted by Gasteiger charge is 2.45. The largest absolute Gasteiger partial charge is 0.619 e. The summed E-state index contributed by atoms with van der Waals surface area (Å²) in [6, 6.07) is 1.68.